The summed E-state index contributed by atoms with van der Waals surface area (Å²) in [6.45, 7) is 7.89. The van der Waals surface area contributed by atoms with Gasteiger partial charge in [0.2, 0.25) is 0 Å². The van der Waals surface area contributed by atoms with E-state index in [0.29, 0.717) is 6.42 Å². The van der Waals surface area contributed by atoms with Crippen LogP contribution >= 0.6 is 0 Å². The predicted octanol–water partition coefficient (Wildman–Crippen LogP) is 3.65. The highest BCUT2D eigenvalue weighted by Gasteiger charge is 2.48. The molecule has 3 heteroatoms. The molecule has 2 aromatic rings. The summed E-state index contributed by atoms with van der Waals surface area (Å²) in [4.78, 5) is 0. The van der Waals surface area contributed by atoms with Gasteiger partial charge in [0.15, 0.2) is 0 Å². The van der Waals surface area contributed by atoms with Crippen molar-refractivity contribution in [3.63, 3.8) is 0 Å². The molecule has 0 unspecified atom stereocenters. The quantitative estimate of drug-likeness (QED) is 0.709. The molecule has 2 heterocycles. The molecular formula is C15H18NO2. The second-order valence-corrected chi connectivity index (χ2v) is 6.24. The van der Waals surface area contributed by atoms with Crippen LogP contribution in [0.3, 0.4) is 0 Å². The molecule has 1 aliphatic heterocycles. The van der Waals surface area contributed by atoms with Crippen LogP contribution in [0.1, 0.15) is 39.0 Å². The summed E-state index contributed by atoms with van der Waals surface area (Å²) in [6.07, 6.45) is 0.657. The van der Waals surface area contributed by atoms with Gasteiger partial charge in [-0.1, -0.05) is 18.2 Å². The fourth-order valence-electron chi connectivity index (χ4n) is 3.21. The fourth-order valence-corrected chi connectivity index (χ4v) is 3.21. The van der Waals surface area contributed by atoms with Crippen molar-refractivity contribution in [2.75, 3.05) is 0 Å². The van der Waals surface area contributed by atoms with Crippen LogP contribution in [-0.4, -0.2) is 10.6 Å². The van der Waals surface area contributed by atoms with E-state index >= 15 is 0 Å². The number of fused-ring (bicyclic) bond motifs is 3. The summed E-state index contributed by atoms with van der Waals surface area (Å²) in [5.74, 6) is 0.957. The molecule has 0 fully saturated rings. The Labute approximate surface area is 107 Å². The van der Waals surface area contributed by atoms with E-state index in [1.54, 1.807) is 0 Å². The maximum absolute atomic E-state index is 12.5. The van der Waals surface area contributed by atoms with E-state index in [0.717, 1.165) is 22.3 Å². The monoisotopic (exact) mass is 244 g/mol. The Morgan fingerprint density at radius 1 is 1.17 bits per heavy atom. The average Bonchev–Trinajstić information content (AvgIpc) is 2.64. The van der Waals surface area contributed by atoms with Crippen molar-refractivity contribution in [1.82, 2.24) is 5.06 Å². The van der Waals surface area contributed by atoms with E-state index in [4.69, 9.17) is 4.42 Å². The van der Waals surface area contributed by atoms with Gasteiger partial charge in [0.25, 0.3) is 0 Å². The van der Waals surface area contributed by atoms with Gasteiger partial charge < -0.3 is 4.42 Å². The van der Waals surface area contributed by atoms with E-state index in [1.165, 1.54) is 5.06 Å². The standard InChI is InChI=1S/C15H18NO2/c1-14(2)9-12-13(15(3,4)16(14)17)10-7-5-6-8-11(10)18-12/h5-8H,9H2,1-4H3. The zero-order valence-electron chi connectivity index (χ0n) is 11.3. The second kappa shape index (κ2) is 3.37. The molecule has 1 aromatic heterocycles. The molecule has 1 radical (unpaired) electrons. The average molecular weight is 244 g/mol. The number of furan rings is 1. The minimum Gasteiger partial charge on any atom is -0.461 e. The second-order valence-electron chi connectivity index (χ2n) is 6.24. The molecule has 95 valence electrons. The molecule has 18 heavy (non-hydrogen) atoms. The molecule has 0 spiro atoms. The summed E-state index contributed by atoms with van der Waals surface area (Å²) in [5, 5.41) is 14.8. The Morgan fingerprint density at radius 3 is 2.56 bits per heavy atom. The molecule has 0 bridgehead atoms. The number of hydrogen-bond acceptors (Lipinski definition) is 2. The molecule has 3 nitrogen and oxygen atoms in total. The number of hydroxylamine groups is 2. The number of nitrogens with zero attached hydrogens (tertiary/aromatic N) is 1. The van der Waals surface area contributed by atoms with Crippen LogP contribution in [0.2, 0.25) is 0 Å². The van der Waals surface area contributed by atoms with Crippen molar-refractivity contribution in [2.45, 2.75) is 45.2 Å². The Kier molecular flexibility index (Phi) is 2.20. The van der Waals surface area contributed by atoms with Gasteiger partial charge in [-0.2, -0.15) is 0 Å². The normalized spacial score (nSPS) is 22.1. The van der Waals surface area contributed by atoms with E-state index < -0.39 is 11.1 Å². The molecular weight excluding hydrogens is 226 g/mol. The van der Waals surface area contributed by atoms with Crippen LogP contribution in [0.25, 0.3) is 11.0 Å². The highest BCUT2D eigenvalue weighted by Crippen LogP contribution is 2.45. The van der Waals surface area contributed by atoms with Gasteiger partial charge in [0, 0.05) is 17.4 Å². The van der Waals surface area contributed by atoms with Crippen LogP contribution in [0.4, 0.5) is 0 Å². The fraction of sp³-hybridized carbons (Fsp3) is 0.467. The molecule has 3 rings (SSSR count). The summed E-state index contributed by atoms with van der Waals surface area (Å²) >= 11 is 0. The highest BCUT2D eigenvalue weighted by molar-refractivity contribution is 5.83. The van der Waals surface area contributed by atoms with Gasteiger partial charge in [0.05, 0.1) is 11.1 Å². The first kappa shape index (κ1) is 11.8. The van der Waals surface area contributed by atoms with E-state index in [9.17, 15) is 5.21 Å². The molecule has 0 amide bonds. The Bertz CT molecular complexity index is 610. The van der Waals surface area contributed by atoms with E-state index in [1.807, 2.05) is 52.0 Å². The van der Waals surface area contributed by atoms with Crippen LogP contribution in [0.15, 0.2) is 28.7 Å². The summed E-state index contributed by atoms with van der Waals surface area (Å²) in [7, 11) is 0. The maximum atomic E-state index is 12.5. The lowest BCUT2D eigenvalue weighted by molar-refractivity contribution is -0.281. The minimum absolute atomic E-state index is 0.426. The van der Waals surface area contributed by atoms with Gasteiger partial charge in [-0.25, -0.2) is 0 Å². The van der Waals surface area contributed by atoms with E-state index in [2.05, 4.69) is 0 Å². The Balaban J connectivity index is 2.34. The summed E-state index contributed by atoms with van der Waals surface area (Å²) in [5.41, 5.74) is 0.947. The van der Waals surface area contributed by atoms with Gasteiger partial charge in [-0.05, 0) is 33.8 Å². The van der Waals surface area contributed by atoms with Crippen LogP contribution in [-0.2, 0) is 17.2 Å². The lowest BCUT2D eigenvalue weighted by Crippen LogP contribution is -2.55. The number of para-hydroxylation sites is 1. The molecule has 1 aromatic carbocycles. The van der Waals surface area contributed by atoms with Crippen molar-refractivity contribution in [3.8, 4) is 0 Å². The third-order valence-corrected chi connectivity index (χ3v) is 3.93. The predicted molar refractivity (Wildman–Crippen MR) is 69.5 cm³/mol. The first-order valence-electron chi connectivity index (χ1n) is 6.32. The zero-order valence-corrected chi connectivity index (χ0v) is 11.3. The highest BCUT2D eigenvalue weighted by atomic mass is 16.5. The van der Waals surface area contributed by atoms with Crippen molar-refractivity contribution in [1.29, 1.82) is 0 Å². The summed E-state index contributed by atoms with van der Waals surface area (Å²) in [6, 6.07) is 7.95. The number of rotatable bonds is 0. The Morgan fingerprint density at radius 2 is 1.83 bits per heavy atom. The summed E-state index contributed by atoms with van der Waals surface area (Å²) < 4.78 is 5.94. The molecule has 0 saturated heterocycles. The molecule has 0 aliphatic carbocycles. The van der Waals surface area contributed by atoms with Crippen LogP contribution < -0.4 is 0 Å². The van der Waals surface area contributed by atoms with Crippen molar-refractivity contribution in [3.05, 3.63) is 35.6 Å². The van der Waals surface area contributed by atoms with E-state index in [-0.39, 0.29) is 0 Å². The third-order valence-electron chi connectivity index (χ3n) is 3.93. The first-order chi connectivity index (χ1) is 8.34. The van der Waals surface area contributed by atoms with Gasteiger partial charge in [0.1, 0.15) is 11.3 Å². The van der Waals surface area contributed by atoms with Crippen molar-refractivity contribution >= 4 is 11.0 Å². The lowest BCUT2D eigenvalue weighted by Gasteiger charge is -2.45. The Hall–Kier alpha value is -1.32. The van der Waals surface area contributed by atoms with Gasteiger partial charge in [-0.3, -0.25) is 0 Å². The van der Waals surface area contributed by atoms with Gasteiger partial charge in [-0.15, -0.1) is 10.3 Å². The smallest absolute Gasteiger partial charge is 0.134 e. The molecule has 0 saturated carbocycles. The third kappa shape index (κ3) is 1.38. The minimum atomic E-state index is -0.552. The zero-order chi connectivity index (χ0) is 13.1. The van der Waals surface area contributed by atoms with Gasteiger partial charge >= 0.3 is 0 Å². The molecule has 0 N–H and O–H groups in total. The van der Waals surface area contributed by atoms with Crippen molar-refractivity contribution in [2.24, 2.45) is 0 Å². The largest absolute Gasteiger partial charge is 0.461 e. The topological polar surface area (TPSA) is 36.3 Å². The number of hydrogen-bond donors (Lipinski definition) is 0. The first-order valence-corrected chi connectivity index (χ1v) is 6.32. The SMILES string of the molecule is CC1(C)Cc2oc3ccccc3c2C(C)(C)N1[O]. The number of benzene rings is 1. The van der Waals surface area contributed by atoms with Crippen molar-refractivity contribution < 1.29 is 9.62 Å². The lowest BCUT2D eigenvalue weighted by atomic mass is 9.79. The molecule has 0 atom stereocenters. The maximum Gasteiger partial charge on any atom is 0.134 e. The van der Waals surface area contributed by atoms with Crippen LogP contribution in [0.5, 0.6) is 0 Å². The molecule has 1 aliphatic rings. The van der Waals surface area contributed by atoms with Crippen LogP contribution in [0, 0.1) is 0 Å².